The summed E-state index contributed by atoms with van der Waals surface area (Å²) < 4.78 is 84.8. The van der Waals surface area contributed by atoms with Crippen molar-refractivity contribution >= 4 is 115 Å². The van der Waals surface area contributed by atoms with Gasteiger partial charge in [0.05, 0.1) is 17.1 Å². The molecule has 0 spiro atoms. The van der Waals surface area contributed by atoms with Crippen molar-refractivity contribution in [3.63, 3.8) is 0 Å². The summed E-state index contributed by atoms with van der Waals surface area (Å²) in [4.78, 5) is 22.6. The Bertz CT molecular complexity index is 3390. The predicted octanol–water partition coefficient (Wildman–Crippen LogP) is 12.7. The molecule has 3 aliphatic heterocycles. The van der Waals surface area contributed by atoms with Gasteiger partial charge in [0, 0.05) is 142 Å². The van der Waals surface area contributed by atoms with Crippen LogP contribution in [0.15, 0.2) is 87.5 Å². The Balaban J connectivity index is 0.000000187. The molecular weight excluding hydrogens is 1270 g/mol. The highest BCUT2D eigenvalue weighted by atomic mass is 32.2. The van der Waals surface area contributed by atoms with Gasteiger partial charge in [0.1, 0.15) is 0 Å². The van der Waals surface area contributed by atoms with E-state index < -0.39 is 30.6 Å². The van der Waals surface area contributed by atoms with E-state index in [9.17, 15) is 25.3 Å². The number of thioether (sulfide) groups is 3. The van der Waals surface area contributed by atoms with Gasteiger partial charge in [-0.05, 0) is 76.0 Å². The van der Waals surface area contributed by atoms with Crippen LogP contribution in [0.5, 0.6) is 0 Å². The maximum absolute atomic E-state index is 12.1. The fraction of sp³-hybridized carbons (Fsp3) is 0.550. The van der Waals surface area contributed by atoms with E-state index in [1.807, 2.05) is 76.8 Å². The van der Waals surface area contributed by atoms with Crippen molar-refractivity contribution in [1.29, 1.82) is 0 Å². The van der Waals surface area contributed by atoms with Crippen LogP contribution < -0.4 is 30.1 Å². The molecule has 27 heteroatoms. The molecule has 3 aromatic heterocycles. The van der Waals surface area contributed by atoms with Crippen LogP contribution in [-0.4, -0.2) is 149 Å². The van der Waals surface area contributed by atoms with Crippen LogP contribution in [-0.2, 0) is 49.9 Å². The van der Waals surface area contributed by atoms with Crippen molar-refractivity contribution in [3.8, 4) is 33.8 Å². The van der Waals surface area contributed by atoms with Gasteiger partial charge in [-0.2, -0.15) is 38.2 Å². The second kappa shape index (κ2) is 36.6. The predicted molar refractivity (Wildman–Crippen MR) is 372 cm³/mol. The SMILES string of the molecule is CCN(CC)S(=O)(=O)NCCCCCCNc1nc2c(s1)CCSc1ccccc1-2.CCN(CC)S(=O)(=O)NCCCCCNc1nc2c(s1)CCSc1ccccc1-2.CCN(CC)S(=O)(=O)NCCCCNc1nc2c(s1)CCSc1ccccc1-2. The lowest BCUT2D eigenvalue weighted by atomic mass is 10.1. The van der Waals surface area contributed by atoms with Crippen LogP contribution in [0.25, 0.3) is 33.8 Å². The smallest absolute Gasteiger partial charge is 0.279 e. The number of aryl methyl sites for hydroxylation is 3. The average Bonchev–Trinajstić information content (AvgIpc) is 2.54. The minimum Gasteiger partial charge on any atom is -0.361 e. The molecule has 480 valence electrons. The fourth-order valence-electron chi connectivity index (χ4n) is 9.98. The van der Waals surface area contributed by atoms with E-state index in [4.69, 9.17) is 15.0 Å². The fourth-order valence-corrected chi connectivity index (χ4v) is 20.2. The number of unbranched alkanes of at least 4 members (excludes halogenated alkanes) is 6. The molecule has 0 atom stereocenters. The summed E-state index contributed by atoms with van der Waals surface area (Å²) >= 11 is 11.0. The van der Waals surface area contributed by atoms with Crippen molar-refractivity contribution in [2.45, 2.75) is 133 Å². The Kier molecular flexibility index (Phi) is 29.9. The number of aromatic nitrogens is 3. The van der Waals surface area contributed by atoms with Gasteiger partial charge in [-0.3, -0.25) is 0 Å². The highest BCUT2D eigenvalue weighted by Gasteiger charge is 2.24. The number of nitrogens with zero attached hydrogens (tertiary/aromatic N) is 6. The number of rotatable bonds is 33. The number of anilines is 3. The van der Waals surface area contributed by atoms with Crippen LogP contribution in [0.4, 0.5) is 15.4 Å². The largest absolute Gasteiger partial charge is 0.361 e. The Labute approximate surface area is 544 Å². The minimum absolute atomic E-state index is 0.458. The van der Waals surface area contributed by atoms with Gasteiger partial charge in [0.25, 0.3) is 30.6 Å². The molecule has 0 bridgehead atoms. The minimum atomic E-state index is -3.35. The standard InChI is InChI=1S/C21H32N4O2S3.C20H30N4O2S3.C19H28N4O2S3/c1-3-25(4-2)30(26,27)23-15-10-6-5-9-14-22-21-24-20-17-11-7-8-12-18(17)28-16-13-19(20)29-21;1-3-24(4-2)29(25,26)22-14-9-5-8-13-21-20-23-19-16-10-6-7-11-17(16)27-15-12-18(19)28-20;1-3-23(4-2)28(24,25)21-13-8-7-12-20-19-22-18-15-9-5-6-10-16(15)26-14-11-17(18)27-19/h7-8,11-12,23H,3-6,9-10,13-16H2,1-2H3,(H,22,24);6-7,10-11,22H,3-5,8-9,12-15H2,1-2H3,(H,21,23);5-6,9-10,21H,3-4,7-8,11-14H2,1-2H3,(H,20,22). The molecule has 0 saturated heterocycles. The molecule has 0 fully saturated rings. The van der Waals surface area contributed by atoms with Crippen molar-refractivity contribution in [2.24, 2.45) is 0 Å². The monoisotopic (exact) mass is 1360 g/mol. The molecule has 6 aromatic rings. The maximum atomic E-state index is 12.1. The van der Waals surface area contributed by atoms with E-state index in [2.05, 4.69) is 103 Å². The third kappa shape index (κ3) is 21.3. The quantitative estimate of drug-likeness (QED) is 0.0211. The second-order valence-corrected chi connectivity index (χ2v) is 32.5. The Morgan fingerprint density at radius 3 is 0.920 bits per heavy atom. The lowest BCUT2D eigenvalue weighted by Crippen LogP contribution is -2.40. The summed E-state index contributed by atoms with van der Waals surface area (Å²) in [6.45, 7) is 18.1. The topological polar surface area (TPSA) is 223 Å². The Hall–Kier alpha value is -3.39. The molecule has 6 heterocycles. The molecule has 3 aromatic carbocycles. The van der Waals surface area contributed by atoms with E-state index in [-0.39, 0.29) is 0 Å². The lowest BCUT2D eigenvalue weighted by Gasteiger charge is -2.18. The van der Waals surface area contributed by atoms with Crippen LogP contribution in [0, 0.1) is 0 Å². The third-order valence-electron chi connectivity index (χ3n) is 14.7. The summed E-state index contributed by atoms with van der Waals surface area (Å²) in [7, 11) is -9.99. The number of fused-ring (bicyclic) bond motifs is 9. The van der Waals surface area contributed by atoms with E-state index in [1.54, 1.807) is 34.0 Å². The van der Waals surface area contributed by atoms with Gasteiger partial charge in [-0.15, -0.1) is 69.3 Å². The summed E-state index contributed by atoms with van der Waals surface area (Å²) in [6.07, 6.45) is 11.6. The lowest BCUT2D eigenvalue weighted by molar-refractivity contribution is 0.433. The van der Waals surface area contributed by atoms with Crippen molar-refractivity contribution in [1.82, 2.24) is 42.0 Å². The molecule has 9 rings (SSSR count). The first kappa shape index (κ1) is 71.1. The molecule has 0 unspecified atom stereocenters. The Morgan fingerprint density at radius 1 is 0.368 bits per heavy atom. The Morgan fingerprint density at radius 2 is 0.621 bits per heavy atom. The van der Waals surface area contributed by atoms with E-state index in [0.29, 0.717) is 58.9 Å². The normalized spacial score (nSPS) is 13.8. The van der Waals surface area contributed by atoms with E-state index in [0.717, 1.165) is 146 Å². The van der Waals surface area contributed by atoms with Crippen molar-refractivity contribution in [2.75, 3.05) is 112 Å². The van der Waals surface area contributed by atoms with Gasteiger partial charge in [0.2, 0.25) is 0 Å². The summed E-state index contributed by atoms with van der Waals surface area (Å²) in [6, 6.07) is 25.5. The molecule has 18 nitrogen and oxygen atoms in total. The zero-order valence-electron chi connectivity index (χ0n) is 51.3. The van der Waals surface area contributed by atoms with Crippen LogP contribution in [0.2, 0.25) is 0 Å². The van der Waals surface area contributed by atoms with E-state index in [1.165, 1.54) is 58.9 Å². The maximum Gasteiger partial charge on any atom is 0.279 e. The van der Waals surface area contributed by atoms with Crippen molar-refractivity contribution in [3.05, 3.63) is 87.4 Å². The molecule has 0 amide bonds. The number of thiazole rings is 3. The molecular formula is C60H90N12O6S9. The zero-order chi connectivity index (χ0) is 62.1. The molecule has 87 heavy (non-hydrogen) atoms. The molecule has 3 aliphatic rings. The van der Waals surface area contributed by atoms with Gasteiger partial charge >= 0.3 is 0 Å². The summed E-state index contributed by atoms with van der Waals surface area (Å²) in [5.41, 5.74) is 7.11. The van der Waals surface area contributed by atoms with Crippen molar-refractivity contribution < 1.29 is 25.3 Å². The average molecular weight is 1360 g/mol. The number of benzene rings is 3. The number of nitrogens with one attached hydrogen (secondary N) is 6. The molecule has 0 aliphatic carbocycles. The number of hydrogen-bond donors (Lipinski definition) is 6. The van der Waals surface area contributed by atoms with Gasteiger partial charge < -0.3 is 16.0 Å². The number of hydrogen-bond acceptors (Lipinski definition) is 18. The molecule has 0 radical (unpaired) electrons. The second-order valence-electron chi connectivity index (χ2n) is 20.6. The van der Waals surface area contributed by atoms with Crippen LogP contribution >= 0.6 is 69.3 Å². The molecule has 0 saturated carbocycles. The first-order valence-corrected chi connectivity index (χ1v) is 40.5. The zero-order valence-corrected chi connectivity index (χ0v) is 58.7. The highest BCUT2D eigenvalue weighted by molar-refractivity contribution is 8.00. The first-order chi connectivity index (χ1) is 42.1. The summed E-state index contributed by atoms with van der Waals surface area (Å²) in [5, 5.41) is 13.3. The van der Waals surface area contributed by atoms with Crippen LogP contribution in [0.1, 0.15) is 114 Å². The van der Waals surface area contributed by atoms with Crippen LogP contribution in [0.3, 0.4) is 0 Å². The first-order valence-electron chi connectivity index (χ1n) is 30.8. The van der Waals surface area contributed by atoms with Gasteiger partial charge in [-0.25, -0.2) is 29.1 Å². The van der Waals surface area contributed by atoms with E-state index >= 15 is 0 Å². The van der Waals surface area contributed by atoms with Gasteiger partial charge in [0.15, 0.2) is 15.4 Å². The highest BCUT2D eigenvalue weighted by Crippen LogP contribution is 2.43. The van der Waals surface area contributed by atoms with Gasteiger partial charge in [-0.1, -0.05) is 115 Å². The third-order valence-corrected chi connectivity index (χ3v) is 26.4. The molecule has 6 N–H and O–H groups in total. The summed E-state index contributed by atoms with van der Waals surface area (Å²) in [5.74, 6) is 3.27.